The molecule has 0 fully saturated rings. The van der Waals surface area contributed by atoms with Crippen LogP contribution in [-0.2, 0) is 13.1 Å². The molecule has 0 aliphatic carbocycles. The predicted molar refractivity (Wildman–Crippen MR) is 111 cm³/mol. The monoisotopic (exact) mass is 426 g/mol. The first-order valence-electron chi connectivity index (χ1n) is 9.10. The second kappa shape index (κ2) is 8.57. The highest BCUT2D eigenvalue weighted by atomic mass is 16.6. The van der Waals surface area contributed by atoms with Crippen LogP contribution in [0.25, 0.3) is 0 Å². The Morgan fingerprint density at radius 1 is 0.903 bits per heavy atom. The molecule has 2 aromatic carbocycles. The Labute approximate surface area is 175 Å². The van der Waals surface area contributed by atoms with E-state index in [1.165, 1.54) is 24.3 Å². The fraction of sp³-hybridized carbons (Fsp3) is 0.211. The number of nitro benzene ring substituents is 3. The highest BCUT2D eigenvalue weighted by Crippen LogP contribution is 2.27. The molecule has 12 heteroatoms. The minimum Gasteiger partial charge on any atom is -0.378 e. The first-order valence-corrected chi connectivity index (χ1v) is 9.10. The van der Waals surface area contributed by atoms with Crippen LogP contribution in [0.4, 0.5) is 22.7 Å². The van der Waals surface area contributed by atoms with Gasteiger partial charge in [-0.25, -0.2) is 0 Å². The van der Waals surface area contributed by atoms with E-state index in [0.717, 1.165) is 17.3 Å². The molecule has 0 aliphatic rings. The Morgan fingerprint density at radius 3 is 2.10 bits per heavy atom. The van der Waals surface area contributed by atoms with Gasteiger partial charge in [-0.3, -0.25) is 35.0 Å². The summed E-state index contributed by atoms with van der Waals surface area (Å²) in [5.41, 5.74) is 2.59. The van der Waals surface area contributed by atoms with Gasteiger partial charge >= 0.3 is 0 Å². The summed E-state index contributed by atoms with van der Waals surface area (Å²) in [7, 11) is 0. The number of rotatable bonds is 8. The number of non-ortho nitro benzene ring substituents is 2. The molecule has 0 unspecified atom stereocenters. The number of aromatic nitrogens is 2. The zero-order valence-electron chi connectivity index (χ0n) is 16.6. The van der Waals surface area contributed by atoms with E-state index in [-0.39, 0.29) is 23.6 Å². The predicted octanol–water partition coefficient (Wildman–Crippen LogP) is 3.88. The fourth-order valence-corrected chi connectivity index (χ4v) is 3.17. The standard InChI is InChI=1S/C19H18N6O6/c1-12-19(20-10-15-5-8-17(24(28)29)9-18(15)25(30)31)13(2)22(21-12)11-14-3-6-16(7-4-14)23(26)27/h3-9,20H,10-11H2,1-2H3. The molecule has 0 radical (unpaired) electrons. The Bertz CT molecular complexity index is 1170. The molecule has 0 saturated carbocycles. The maximum absolute atomic E-state index is 11.3. The van der Waals surface area contributed by atoms with Crippen molar-refractivity contribution in [2.45, 2.75) is 26.9 Å². The van der Waals surface area contributed by atoms with Crippen LogP contribution in [0.5, 0.6) is 0 Å². The molecule has 160 valence electrons. The van der Waals surface area contributed by atoms with Gasteiger partial charge in [0.2, 0.25) is 0 Å². The van der Waals surface area contributed by atoms with Crippen molar-refractivity contribution in [3.63, 3.8) is 0 Å². The quantitative estimate of drug-likeness (QED) is 0.419. The SMILES string of the molecule is Cc1nn(Cc2ccc([N+](=O)[O-])cc2)c(C)c1NCc1ccc([N+](=O)[O-])cc1[N+](=O)[O-]. The Hall–Kier alpha value is -4.35. The lowest BCUT2D eigenvalue weighted by molar-refractivity contribution is -0.394. The van der Waals surface area contributed by atoms with Gasteiger partial charge in [-0.1, -0.05) is 12.1 Å². The van der Waals surface area contributed by atoms with Crippen molar-refractivity contribution < 1.29 is 14.8 Å². The van der Waals surface area contributed by atoms with Crippen molar-refractivity contribution in [3.8, 4) is 0 Å². The summed E-state index contributed by atoms with van der Waals surface area (Å²) in [4.78, 5) is 31.2. The Kier molecular flexibility index (Phi) is 5.90. The molecular weight excluding hydrogens is 408 g/mol. The summed E-state index contributed by atoms with van der Waals surface area (Å²) >= 11 is 0. The number of hydrogen-bond acceptors (Lipinski definition) is 8. The lowest BCUT2D eigenvalue weighted by atomic mass is 10.1. The van der Waals surface area contributed by atoms with E-state index in [1.807, 2.05) is 6.92 Å². The minimum absolute atomic E-state index is 0.00386. The average molecular weight is 426 g/mol. The third-order valence-corrected chi connectivity index (χ3v) is 4.79. The zero-order valence-corrected chi connectivity index (χ0v) is 16.6. The van der Waals surface area contributed by atoms with E-state index in [2.05, 4.69) is 10.4 Å². The third-order valence-electron chi connectivity index (χ3n) is 4.79. The number of aryl methyl sites for hydroxylation is 1. The lowest BCUT2D eigenvalue weighted by Gasteiger charge is -2.09. The molecule has 3 aromatic rings. The molecule has 0 amide bonds. The van der Waals surface area contributed by atoms with Crippen molar-refractivity contribution in [3.05, 3.63) is 95.3 Å². The summed E-state index contributed by atoms with van der Waals surface area (Å²) < 4.78 is 1.73. The topological polar surface area (TPSA) is 159 Å². The number of nitrogens with zero attached hydrogens (tertiary/aromatic N) is 5. The molecule has 0 aliphatic heterocycles. The van der Waals surface area contributed by atoms with Crippen LogP contribution in [-0.4, -0.2) is 24.6 Å². The first-order chi connectivity index (χ1) is 14.7. The van der Waals surface area contributed by atoms with Crippen LogP contribution < -0.4 is 5.32 Å². The lowest BCUT2D eigenvalue weighted by Crippen LogP contribution is -2.07. The number of benzene rings is 2. The summed E-state index contributed by atoms with van der Waals surface area (Å²) in [6, 6.07) is 9.68. The highest BCUT2D eigenvalue weighted by molar-refractivity contribution is 5.55. The van der Waals surface area contributed by atoms with Gasteiger partial charge in [0.1, 0.15) is 0 Å². The fourth-order valence-electron chi connectivity index (χ4n) is 3.17. The first kappa shape index (κ1) is 21.4. The summed E-state index contributed by atoms with van der Waals surface area (Å²) in [6.45, 7) is 4.09. The van der Waals surface area contributed by atoms with Crippen molar-refractivity contribution in [1.29, 1.82) is 0 Å². The van der Waals surface area contributed by atoms with Gasteiger partial charge in [-0.05, 0) is 25.5 Å². The van der Waals surface area contributed by atoms with E-state index in [9.17, 15) is 30.3 Å². The van der Waals surface area contributed by atoms with Gasteiger partial charge in [0, 0.05) is 30.3 Å². The van der Waals surface area contributed by atoms with Crippen LogP contribution in [0, 0.1) is 44.2 Å². The summed E-state index contributed by atoms with van der Waals surface area (Å²) in [5.74, 6) is 0. The van der Waals surface area contributed by atoms with Crippen molar-refractivity contribution >= 4 is 22.7 Å². The average Bonchev–Trinajstić information content (AvgIpc) is 2.99. The number of nitrogens with one attached hydrogen (secondary N) is 1. The van der Waals surface area contributed by atoms with E-state index in [1.54, 1.807) is 23.7 Å². The summed E-state index contributed by atoms with van der Waals surface area (Å²) in [5, 5.41) is 40.6. The van der Waals surface area contributed by atoms with Crippen LogP contribution >= 0.6 is 0 Å². The largest absolute Gasteiger partial charge is 0.378 e. The van der Waals surface area contributed by atoms with E-state index in [0.29, 0.717) is 23.5 Å². The van der Waals surface area contributed by atoms with E-state index >= 15 is 0 Å². The molecule has 31 heavy (non-hydrogen) atoms. The molecule has 1 aromatic heterocycles. The second-order valence-electron chi connectivity index (χ2n) is 6.81. The Morgan fingerprint density at radius 2 is 1.52 bits per heavy atom. The van der Waals surface area contributed by atoms with Gasteiger partial charge in [-0.2, -0.15) is 5.10 Å². The molecule has 0 atom stereocenters. The van der Waals surface area contributed by atoms with Gasteiger partial charge in [0.15, 0.2) is 0 Å². The van der Waals surface area contributed by atoms with Crippen molar-refractivity contribution in [2.75, 3.05) is 5.32 Å². The number of nitro groups is 3. The maximum Gasteiger partial charge on any atom is 0.281 e. The van der Waals surface area contributed by atoms with Crippen LogP contribution in [0.3, 0.4) is 0 Å². The van der Waals surface area contributed by atoms with Gasteiger partial charge < -0.3 is 5.32 Å². The van der Waals surface area contributed by atoms with Crippen LogP contribution in [0.1, 0.15) is 22.5 Å². The minimum atomic E-state index is -0.680. The molecule has 12 nitrogen and oxygen atoms in total. The smallest absolute Gasteiger partial charge is 0.281 e. The van der Waals surface area contributed by atoms with Crippen LogP contribution in [0.2, 0.25) is 0 Å². The van der Waals surface area contributed by atoms with Crippen molar-refractivity contribution in [2.24, 2.45) is 0 Å². The van der Waals surface area contributed by atoms with Gasteiger partial charge in [0.25, 0.3) is 17.1 Å². The summed E-state index contributed by atoms with van der Waals surface area (Å²) in [6.07, 6.45) is 0. The molecule has 0 saturated heterocycles. The number of anilines is 1. The third kappa shape index (κ3) is 4.63. The molecular formula is C19H18N6O6. The number of hydrogen-bond donors (Lipinski definition) is 1. The van der Waals surface area contributed by atoms with Gasteiger partial charge in [0.05, 0.1) is 44.5 Å². The Balaban J connectivity index is 1.79. The molecule has 1 N–H and O–H groups in total. The van der Waals surface area contributed by atoms with E-state index < -0.39 is 14.8 Å². The van der Waals surface area contributed by atoms with Crippen molar-refractivity contribution in [1.82, 2.24) is 9.78 Å². The maximum atomic E-state index is 11.3. The normalized spacial score (nSPS) is 10.6. The second-order valence-corrected chi connectivity index (χ2v) is 6.81. The molecule has 0 spiro atoms. The molecule has 3 rings (SSSR count). The molecule has 1 heterocycles. The van der Waals surface area contributed by atoms with Gasteiger partial charge in [-0.15, -0.1) is 0 Å². The zero-order chi connectivity index (χ0) is 22.7. The highest BCUT2D eigenvalue weighted by Gasteiger charge is 2.20. The van der Waals surface area contributed by atoms with Crippen LogP contribution in [0.15, 0.2) is 42.5 Å². The van der Waals surface area contributed by atoms with E-state index in [4.69, 9.17) is 0 Å². The molecule has 0 bridgehead atoms.